The van der Waals surface area contributed by atoms with Gasteiger partial charge in [-0.15, -0.1) is 21.8 Å². The fourth-order valence-electron chi connectivity index (χ4n) is 1.63. The monoisotopic (exact) mass is 275 g/mol. The molecule has 1 aromatic carbocycles. The van der Waals surface area contributed by atoms with Crippen molar-refractivity contribution in [1.82, 2.24) is 14.8 Å². The van der Waals surface area contributed by atoms with Gasteiger partial charge in [0, 0.05) is 5.69 Å². The Labute approximate surface area is 106 Å². The smallest absolute Gasteiger partial charge is 0.285 e. The van der Waals surface area contributed by atoms with Crippen LogP contribution in [-0.2, 0) is 12.1 Å². The predicted molar refractivity (Wildman–Crippen MR) is 60.7 cm³/mol. The van der Waals surface area contributed by atoms with Crippen molar-refractivity contribution in [2.45, 2.75) is 19.0 Å². The zero-order chi connectivity index (χ0) is 13.3. The summed E-state index contributed by atoms with van der Waals surface area (Å²) in [5, 5.41) is 7.36. The zero-order valence-corrected chi connectivity index (χ0v) is 10.1. The van der Waals surface area contributed by atoms with Crippen LogP contribution >= 0.6 is 11.6 Å². The molecule has 0 N–H and O–H groups in total. The number of halogens is 4. The Bertz CT molecular complexity index is 563. The molecule has 2 aromatic rings. The summed E-state index contributed by atoms with van der Waals surface area (Å²) in [5.74, 6) is 0.475. The third-order valence-corrected chi connectivity index (χ3v) is 2.78. The maximum absolute atomic E-state index is 12.8. The summed E-state index contributed by atoms with van der Waals surface area (Å²) in [6.07, 6.45) is -3.04. The lowest BCUT2D eigenvalue weighted by Gasteiger charge is -2.13. The number of hydrogen-bond donors (Lipinski definition) is 0. The van der Waals surface area contributed by atoms with Crippen LogP contribution in [0.5, 0.6) is 0 Å². The molecule has 18 heavy (non-hydrogen) atoms. The van der Waals surface area contributed by atoms with E-state index in [0.29, 0.717) is 11.5 Å². The topological polar surface area (TPSA) is 30.7 Å². The first-order valence-corrected chi connectivity index (χ1v) is 5.60. The minimum absolute atomic E-state index is 0.0786. The van der Waals surface area contributed by atoms with Gasteiger partial charge in [0.1, 0.15) is 6.33 Å². The molecule has 0 aliphatic heterocycles. The predicted octanol–water partition coefficient (Wildman–Crippen LogP) is 3.33. The summed E-state index contributed by atoms with van der Waals surface area (Å²) in [7, 11) is 0. The lowest BCUT2D eigenvalue weighted by molar-refractivity contribution is -0.138. The van der Waals surface area contributed by atoms with Crippen molar-refractivity contribution in [3.8, 4) is 5.69 Å². The molecule has 0 bridgehead atoms. The highest BCUT2D eigenvalue weighted by Crippen LogP contribution is 2.33. The Hall–Kier alpha value is -1.56. The zero-order valence-electron chi connectivity index (χ0n) is 9.37. The van der Waals surface area contributed by atoms with E-state index in [1.807, 2.05) is 0 Å². The molecule has 3 nitrogen and oxygen atoms in total. The van der Waals surface area contributed by atoms with E-state index < -0.39 is 11.7 Å². The summed E-state index contributed by atoms with van der Waals surface area (Å²) >= 11 is 5.64. The Morgan fingerprint density at radius 2 is 2.06 bits per heavy atom. The first-order chi connectivity index (χ1) is 8.43. The molecule has 1 heterocycles. The second-order valence-electron chi connectivity index (χ2n) is 3.75. The van der Waals surface area contributed by atoms with Crippen LogP contribution in [0.3, 0.4) is 0 Å². The fourth-order valence-corrected chi connectivity index (χ4v) is 1.81. The maximum atomic E-state index is 12.8. The van der Waals surface area contributed by atoms with Crippen LogP contribution < -0.4 is 0 Å². The highest BCUT2D eigenvalue weighted by molar-refractivity contribution is 6.16. The van der Waals surface area contributed by atoms with Crippen molar-refractivity contribution >= 4 is 11.6 Å². The molecule has 96 valence electrons. The molecule has 7 heteroatoms. The van der Waals surface area contributed by atoms with E-state index in [-0.39, 0.29) is 11.4 Å². The standard InChI is InChI=1S/C11H9ClF3N3/c1-7-2-3-8(4-9(7)11(13,14)15)18-6-16-17-10(18)5-12/h2-4,6H,5H2,1H3. The van der Waals surface area contributed by atoms with Crippen molar-refractivity contribution in [3.63, 3.8) is 0 Å². The van der Waals surface area contributed by atoms with E-state index in [4.69, 9.17) is 11.6 Å². The number of alkyl halides is 4. The van der Waals surface area contributed by atoms with Crippen LogP contribution in [0.15, 0.2) is 24.5 Å². The molecule has 0 fully saturated rings. The highest BCUT2D eigenvalue weighted by Gasteiger charge is 2.32. The molecule has 0 aliphatic carbocycles. The number of nitrogens with zero attached hydrogens (tertiary/aromatic N) is 3. The van der Waals surface area contributed by atoms with Crippen LogP contribution in [0.1, 0.15) is 17.0 Å². The van der Waals surface area contributed by atoms with Gasteiger partial charge in [-0.25, -0.2) is 0 Å². The Morgan fingerprint density at radius 3 is 2.67 bits per heavy atom. The van der Waals surface area contributed by atoms with Crippen molar-refractivity contribution in [3.05, 3.63) is 41.5 Å². The SMILES string of the molecule is Cc1ccc(-n2cnnc2CCl)cc1C(F)(F)F. The van der Waals surface area contributed by atoms with E-state index in [1.54, 1.807) is 6.07 Å². The van der Waals surface area contributed by atoms with Gasteiger partial charge in [0.25, 0.3) is 0 Å². The van der Waals surface area contributed by atoms with E-state index >= 15 is 0 Å². The highest BCUT2D eigenvalue weighted by atomic mass is 35.5. The van der Waals surface area contributed by atoms with Crippen molar-refractivity contribution in [2.24, 2.45) is 0 Å². The Kier molecular flexibility index (Phi) is 3.30. The summed E-state index contributed by atoms with van der Waals surface area (Å²) in [5.41, 5.74) is -0.158. The molecule has 2 rings (SSSR count). The summed E-state index contributed by atoms with van der Waals surface area (Å²) in [6.45, 7) is 1.42. The largest absolute Gasteiger partial charge is 0.416 e. The van der Waals surface area contributed by atoms with Gasteiger partial charge in [-0.2, -0.15) is 13.2 Å². The quantitative estimate of drug-likeness (QED) is 0.787. The van der Waals surface area contributed by atoms with Gasteiger partial charge in [-0.3, -0.25) is 4.57 Å². The van der Waals surface area contributed by atoms with Gasteiger partial charge >= 0.3 is 6.18 Å². The Balaban J connectivity index is 2.54. The number of benzene rings is 1. The molecule has 0 saturated heterocycles. The molecule has 0 atom stereocenters. The van der Waals surface area contributed by atoms with Crippen LogP contribution in [0.25, 0.3) is 5.69 Å². The van der Waals surface area contributed by atoms with Crippen molar-refractivity contribution < 1.29 is 13.2 Å². The molecular weight excluding hydrogens is 267 g/mol. The van der Waals surface area contributed by atoms with E-state index in [0.717, 1.165) is 6.07 Å². The van der Waals surface area contributed by atoms with Crippen LogP contribution in [0, 0.1) is 6.92 Å². The normalized spacial score (nSPS) is 11.8. The molecule has 1 aromatic heterocycles. The van der Waals surface area contributed by atoms with Gasteiger partial charge in [0.15, 0.2) is 5.82 Å². The molecule has 0 radical (unpaired) electrons. The van der Waals surface area contributed by atoms with Crippen molar-refractivity contribution in [2.75, 3.05) is 0 Å². The summed E-state index contributed by atoms with van der Waals surface area (Å²) in [4.78, 5) is 0. The summed E-state index contributed by atoms with van der Waals surface area (Å²) in [6, 6.07) is 4.05. The molecule has 0 saturated carbocycles. The lowest BCUT2D eigenvalue weighted by Crippen LogP contribution is -2.09. The summed E-state index contributed by atoms with van der Waals surface area (Å²) < 4.78 is 39.8. The van der Waals surface area contributed by atoms with Crippen LogP contribution in [0.4, 0.5) is 13.2 Å². The van der Waals surface area contributed by atoms with E-state index in [1.165, 1.54) is 23.9 Å². The number of rotatable bonds is 2. The number of hydrogen-bond acceptors (Lipinski definition) is 2. The molecule has 0 amide bonds. The molecular formula is C11H9ClF3N3. The minimum atomic E-state index is -4.38. The van der Waals surface area contributed by atoms with Gasteiger partial charge in [-0.05, 0) is 24.6 Å². The fraction of sp³-hybridized carbons (Fsp3) is 0.273. The minimum Gasteiger partial charge on any atom is -0.285 e. The van der Waals surface area contributed by atoms with Crippen molar-refractivity contribution in [1.29, 1.82) is 0 Å². The van der Waals surface area contributed by atoms with Gasteiger partial charge in [0.2, 0.25) is 0 Å². The number of aromatic nitrogens is 3. The molecule has 0 aliphatic rings. The van der Waals surface area contributed by atoms with Crippen LogP contribution in [0.2, 0.25) is 0 Å². The first-order valence-electron chi connectivity index (χ1n) is 5.06. The average molecular weight is 276 g/mol. The van der Waals surface area contributed by atoms with Gasteiger partial charge in [0.05, 0.1) is 11.4 Å². The maximum Gasteiger partial charge on any atom is 0.416 e. The molecule has 0 spiro atoms. The first kappa shape index (κ1) is 12.9. The Morgan fingerprint density at radius 1 is 1.33 bits per heavy atom. The average Bonchev–Trinajstić information content (AvgIpc) is 2.76. The third-order valence-electron chi connectivity index (χ3n) is 2.54. The van der Waals surface area contributed by atoms with Gasteiger partial charge in [-0.1, -0.05) is 6.07 Å². The second kappa shape index (κ2) is 4.61. The van der Waals surface area contributed by atoms with E-state index in [2.05, 4.69) is 10.2 Å². The molecule has 0 unspecified atom stereocenters. The van der Waals surface area contributed by atoms with Gasteiger partial charge < -0.3 is 0 Å². The lowest BCUT2D eigenvalue weighted by atomic mass is 10.1. The third kappa shape index (κ3) is 2.33. The second-order valence-corrected chi connectivity index (χ2v) is 4.02. The van der Waals surface area contributed by atoms with Crippen LogP contribution in [-0.4, -0.2) is 14.8 Å². The van der Waals surface area contributed by atoms with E-state index in [9.17, 15) is 13.2 Å². The number of aryl methyl sites for hydroxylation is 1.